The number of nitriles is 1. The van der Waals surface area contributed by atoms with Gasteiger partial charge in [-0.1, -0.05) is 6.58 Å². The van der Waals surface area contributed by atoms with Crippen LogP contribution in [-0.2, 0) is 22.2 Å². The summed E-state index contributed by atoms with van der Waals surface area (Å²) in [5.74, 6) is -0.955. The van der Waals surface area contributed by atoms with Crippen LogP contribution in [0.2, 0.25) is 0 Å². The summed E-state index contributed by atoms with van der Waals surface area (Å²) in [6.07, 6.45) is 2.95. The first kappa shape index (κ1) is 12.9. The van der Waals surface area contributed by atoms with Gasteiger partial charge in [-0.3, -0.25) is 0 Å². The second kappa shape index (κ2) is 4.80. The zero-order chi connectivity index (χ0) is 13.1. The quantitative estimate of drug-likeness (QED) is 0.597. The highest BCUT2D eigenvalue weighted by Crippen LogP contribution is 2.28. The predicted octanol–water partition coefficient (Wildman–Crippen LogP) is 0.251. The summed E-state index contributed by atoms with van der Waals surface area (Å²) in [5, 5.41) is 19.2. The van der Waals surface area contributed by atoms with E-state index in [1.54, 1.807) is 26.2 Å². The van der Waals surface area contributed by atoms with E-state index in [0.29, 0.717) is 0 Å². The number of rotatable bonds is 4. The van der Waals surface area contributed by atoms with Crippen LogP contribution in [0, 0.1) is 11.3 Å². The molecule has 90 valence electrons. The highest BCUT2D eigenvalue weighted by Gasteiger charge is 2.46. The molecule has 0 fully saturated rings. The van der Waals surface area contributed by atoms with Crippen LogP contribution >= 0.6 is 0 Å². The second-order valence-electron chi connectivity index (χ2n) is 3.38. The maximum Gasteiger partial charge on any atom is 0.351 e. The van der Waals surface area contributed by atoms with E-state index in [9.17, 15) is 9.90 Å². The van der Waals surface area contributed by atoms with Crippen molar-refractivity contribution in [3.8, 4) is 6.07 Å². The van der Waals surface area contributed by atoms with Crippen molar-refractivity contribution >= 4 is 5.97 Å². The number of aryl methyl sites for hydroxylation is 1. The summed E-state index contributed by atoms with van der Waals surface area (Å²) in [6, 6.07) is 1.66. The topological polar surface area (TPSA) is 88.1 Å². The van der Waals surface area contributed by atoms with Gasteiger partial charge in [0.15, 0.2) is 5.82 Å². The number of aromatic nitrogens is 2. The van der Waals surface area contributed by atoms with Gasteiger partial charge in [0.25, 0.3) is 5.60 Å². The maximum atomic E-state index is 11.8. The largest absolute Gasteiger partial charge is 0.463 e. The lowest BCUT2D eigenvalue weighted by Gasteiger charge is -2.23. The zero-order valence-electron chi connectivity index (χ0n) is 9.67. The molecule has 1 atom stereocenters. The molecule has 0 radical (unpaired) electrons. The van der Waals surface area contributed by atoms with Gasteiger partial charge in [-0.05, 0) is 6.92 Å². The molecule has 0 amide bonds. The highest BCUT2D eigenvalue weighted by molar-refractivity contribution is 5.85. The van der Waals surface area contributed by atoms with Gasteiger partial charge < -0.3 is 14.4 Å². The van der Waals surface area contributed by atoms with Gasteiger partial charge in [0.05, 0.1) is 18.2 Å². The molecule has 17 heavy (non-hydrogen) atoms. The van der Waals surface area contributed by atoms with Gasteiger partial charge in [0, 0.05) is 19.4 Å². The van der Waals surface area contributed by atoms with E-state index >= 15 is 0 Å². The number of aliphatic hydroxyl groups is 1. The Labute approximate surface area is 98.8 Å². The Morgan fingerprint density at radius 1 is 1.82 bits per heavy atom. The van der Waals surface area contributed by atoms with E-state index in [4.69, 9.17) is 10.00 Å². The fourth-order valence-electron chi connectivity index (χ4n) is 1.38. The number of imidazole rings is 1. The number of hydrogen-bond acceptors (Lipinski definition) is 5. The predicted molar refractivity (Wildman–Crippen MR) is 58.5 cm³/mol. The van der Waals surface area contributed by atoms with Gasteiger partial charge in [0.1, 0.15) is 0 Å². The third-order valence-corrected chi connectivity index (χ3v) is 2.29. The molecule has 0 saturated carbocycles. The van der Waals surface area contributed by atoms with Gasteiger partial charge in [0.2, 0.25) is 0 Å². The first-order valence-electron chi connectivity index (χ1n) is 4.95. The Kier molecular flexibility index (Phi) is 3.66. The van der Waals surface area contributed by atoms with Crippen LogP contribution in [0.4, 0.5) is 0 Å². The standard InChI is InChI=1S/C11H13N3O3/c1-4-17-10(15)11(16,8(2)7-12)9-13-5-6-14(9)3/h5-6,16H,2,4H2,1,3H3. The molecule has 1 unspecified atom stereocenters. The molecule has 0 saturated heterocycles. The van der Waals surface area contributed by atoms with Crippen LogP contribution in [0.5, 0.6) is 0 Å². The third-order valence-electron chi connectivity index (χ3n) is 2.29. The monoisotopic (exact) mass is 235 g/mol. The average molecular weight is 235 g/mol. The minimum atomic E-state index is -2.23. The molecule has 1 rings (SSSR count). The molecule has 0 aromatic carbocycles. The molecule has 0 bridgehead atoms. The molecule has 0 spiro atoms. The van der Waals surface area contributed by atoms with Crippen LogP contribution in [0.1, 0.15) is 12.7 Å². The lowest BCUT2D eigenvalue weighted by atomic mass is 9.94. The van der Waals surface area contributed by atoms with Gasteiger partial charge in [-0.15, -0.1) is 0 Å². The highest BCUT2D eigenvalue weighted by atomic mass is 16.5. The molecule has 0 aliphatic carbocycles. The van der Waals surface area contributed by atoms with Crippen molar-refractivity contribution in [2.45, 2.75) is 12.5 Å². The molecule has 1 aromatic rings. The molecular formula is C11H13N3O3. The number of nitrogens with zero attached hydrogens (tertiary/aromatic N) is 3. The summed E-state index contributed by atoms with van der Waals surface area (Å²) in [6.45, 7) is 5.07. The Hall–Kier alpha value is -2.13. The Balaban J connectivity index is 3.31. The van der Waals surface area contributed by atoms with E-state index in [0.717, 1.165) is 0 Å². The third kappa shape index (κ3) is 2.05. The van der Waals surface area contributed by atoms with Crippen molar-refractivity contribution in [3.05, 3.63) is 30.4 Å². The van der Waals surface area contributed by atoms with Crippen molar-refractivity contribution in [1.29, 1.82) is 5.26 Å². The van der Waals surface area contributed by atoms with E-state index in [1.165, 1.54) is 10.8 Å². The Morgan fingerprint density at radius 3 is 2.88 bits per heavy atom. The smallest absolute Gasteiger partial charge is 0.351 e. The molecular weight excluding hydrogens is 222 g/mol. The van der Waals surface area contributed by atoms with Crippen molar-refractivity contribution in [2.24, 2.45) is 7.05 Å². The van der Waals surface area contributed by atoms with Crippen LogP contribution < -0.4 is 0 Å². The molecule has 1 N–H and O–H groups in total. The SMILES string of the molecule is C=C(C#N)C(O)(C(=O)OCC)c1nccn1C. The van der Waals surface area contributed by atoms with Gasteiger partial charge in [-0.2, -0.15) is 5.26 Å². The van der Waals surface area contributed by atoms with Gasteiger partial charge >= 0.3 is 5.97 Å². The number of ether oxygens (including phenoxy) is 1. The number of carbonyl (C=O) groups is 1. The Morgan fingerprint density at radius 2 is 2.47 bits per heavy atom. The average Bonchev–Trinajstić information content (AvgIpc) is 2.74. The van der Waals surface area contributed by atoms with Crippen molar-refractivity contribution in [3.63, 3.8) is 0 Å². The van der Waals surface area contributed by atoms with Crippen LogP contribution in [-0.4, -0.2) is 27.2 Å². The second-order valence-corrected chi connectivity index (χ2v) is 3.38. The van der Waals surface area contributed by atoms with Crippen molar-refractivity contribution < 1.29 is 14.6 Å². The summed E-state index contributed by atoms with van der Waals surface area (Å²) in [4.78, 5) is 15.6. The summed E-state index contributed by atoms with van der Waals surface area (Å²) in [5.41, 5.74) is -2.56. The number of esters is 1. The summed E-state index contributed by atoms with van der Waals surface area (Å²) in [7, 11) is 1.59. The molecule has 6 heteroatoms. The maximum absolute atomic E-state index is 11.8. The lowest BCUT2D eigenvalue weighted by Crippen LogP contribution is -2.41. The van der Waals surface area contributed by atoms with Crippen LogP contribution in [0.15, 0.2) is 24.5 Å². The zero-order valence-corrected chi connectivity index (χ0v) is 9.67. The lowest BCUT2D eigenvalue weighted by molar-refractivity contribution is -0.162. The number of hydrogen-bond donors (Lipinski definition) is 1. The fraction of sp³-hybridized carbons (Fsp3) is 0.364. The van der Waals surface area contributed by atoms with Crippen molar-refractivity contribution in [2.75, 3.05) is 6.61 Å². The first-order chi connectivity index (χ1) is 7.98. The van der Waals surface area contributed by atoms with E-state index in [1.807, 2.05) is 0 Å². The van der Waals surface area contributed by atoms with Gasteiger partial charge in [-0.25, -0.2) is 9.78 Å². The molecule has 1 heterocycles. The van der Waals surface area contributed by atoms with Crippen LogP contribution in [0.3, 0.4) is 0 Å². The van der Waals surface area contributed by atoms with E-state index in [-0.39, 0.29) is 18.0 Å². The summed E-state index contributed by atoms with van der Waals surface area (Å²) < 4.78 is 6.18. The van der Waals surface area contributed by atoms with E-state index in [2.05, 4.69) is 11.6 Å². The Bertz CT molecular complexity index is 486. The van der Waals surface area contributed by atoms with Crippen molar-refractivity contribution in [1.82, 2.24) is 9.55 Å². The summed E-state index contributed by atoms with van der Waals surface area (Å²) >= 11 is 0. The number of carbonyl (C=O) groups excluding carboxylic acids is 1. The van der Waals surface area contributed by atoms with Crippen LogP contribution in [0.25, 0.3) is 0 Å². The fourth-order valence-corrected chi connectivity index (χ4v) is 1.38. The van der Waals surface area contributed by atoms with E-state index < -0.39 is 11.6 Å². The normalized spacial score (nSPS) is 13.5. The first-order valence-corrected chi connectivity index (χ1v) is 4.95. The molecule has 1 aromatic heterocycles. The minimum absolute atomic E-state index is 0.00231. The molecule has 0 aliphatic rings. The molecule has 0 aliphatic heterocycles. The molecule has 6 nitrogen and oxygen atoms in total. The minimum Gasteiger partial charge on any atom is -0.463 e.